The number of nitrogens with zero attached hydrogens (tertiary/aromatic N) is 1. The molecular formula is C99H57N. The number of anilines is 3. The zero-order chi connectivity index (χ0) is 66.8. The monoisotopic (exact) mass is 1260 g/mol. The molecule has 0 heterocycles. The highest BCUT2D eigenvalue weighted by Gasteiger charge is 2.25. The predicted molar refractivity (Wildman–Crippen MR) is 421 cm³/mol. The van der Waals surface area contributed by atoms with Gasteiger partial charge in [0, 0.05) is 50.4 Å². The van der Waals surface area contributed by atoms with Crippen LogP contribution in [0.4, 0.5) is 17.1 Å². The minimum Gasteiger partial charge on any atom is -0.311 e. The van der Waals surface area contributed by atoms with Crippen LogP contribution in [0.3, 0.4) is 0 Å². The van der Waals surface area contributed by atoms with Crippen LogP contribution >= 0.6 is 0 Å². The van der Waals surface area contributed by atoms with Crippen LogP contribution in [0.2, 0.25) is 0 Å². The van der Waals surface area contributed by atoms with Gasteiger partial charge in [-0.25, -0.2) is 0 Å². The Kier molecular flexibility index (Phi) is 14.4. The van der Waals surface area contributed by atoms with Gasteiger partial charge in [-0.15, -0.1) is 19.3 Å². The molecular weight excluding hydrogens is 1200 g/mol. The van der Waals surface area contributed by atoms with E-state index in [4.69, 9.17) is 19.3 Å². The molecule has 3 unspecified atom stereocenters. The number of hydrogen-bond acceptors (Lipinski definition) is 1. The van der Waals surface area contributed by atoms with Crippen LogP contribution in [-0.4, -0.2) is 0 Å². The molecule has 0 N–H and O–H groups in total. The largest absolute Gasteiger partial charge is 0.311 e. The van der Waals surface area contributed by atoms with Gasteiger partial charge in [-0.3, -0.25) is 0 Å². The van der Waals surface area contributed by atoms with Gasteiger partial charge in [-0.2, -0.15) is 0 Å². The van der Waals surface area contributed by atoms with Crippen molar-refractivity contribution in [1.29, 1.82) is 0 Å². The van der Waals surface area contributed by atoms with Gasteiger partial charge in [0.1, 0.15) is 0 Å². The highest BCUT2D eigenvalue weighted by molar-refractivity contribution is 6.26. The van der Waals surface area contributed by atoms with Crippen LogP contribution in [0.1, 0.15) is 84.5 Å². The van der Waals surface area contributed by atoms with Crippen molar-refractivity contribution in [2.75, 3.05) is 4.90 Å². The summed E-state index contributed by atoms with van der Waals surface area (Å²) in [5.74, 6) is 29.7. The lowest BCUT2D eigenvalue weighted by molar-refractivity contribution is 1.07. The van der Waals surface area contributed by atoms with Crippen LogP contribution in [-0.2, 0) is 0 Å². The van der Waals surface area contributed by atoms with Crippen molar-refractivity contribution < 1.29 is 0 Å². The molecule has 0 spiro atoms. The first-order chi connectivity index (χ1) is 49.4. The van der Waals surface area contributed by atoms with Crippen molar-refractivity contribution in [1.82, 2.24) is 0 Å². The standard InChI is InChI=1S/C99H57N/c1-4-64-13-7-16-67(61-64)25-52-85(88-55-40-79-31-28-73-19-10-22-76-43-58-91(88)97(79)94(73)76)70-34-46-82(47-35-70)100(83-48-36-71(37-49-83)86(53-26-68-17-8-14-65(5-2)62-68)89-56-41-80-32-29-74-20-11-23-77-44-59-92(89)98(80)95(74)77)84-50-38-72(39-51-84)87(54-27-69-18-9-15-66(6-3)63-69)90-57-42-81-33-30-75-21-12-24-78-45-60-93(90)99(81)96(75)78/h1-3,7-24,28-51,55-63,85-87H. The van der Waals surface area contributed by atoms with E-state index in [0.29, 0.717) is 0 Å². The lowest BCUT2D eigenvalue weighted by Gasteiger charge is -2.27. The molecule has 0 aromatic heterocycles. The minimum atomic E-state index is -0.307. The molecule has 0 saturated carbocycles. The van der Waals surface area contributed by atoms with E-state index < -0.39 is 0 Å². The van der Waals surface area contributed by atoms with Crippen molar-refractivity contribution in [3.63, 3.8) is 0 Å². The molecule has 0 aliphatic carbocycles. The van der Waals surface area contributed by atoms with Crippen molar-refractivity contribution in [3.05, 3.63) is 376 Å². The zero-order valence-corrected chi connectivity index (χ0v) is 54.4. The fraction of sp³-hybridized carbons (Fsp3) is 0.0303. The van der Waals surface area contributed by atoms with Gasteiger partial charge in [-0.1, -0.05) is 272 Å². The Labute approximate surface area is 581 Å². The minimum absolute atomic E-state index is 0.307. The molecule has 18 aromatic carbocycles. The number of rotatable bonds is 9. The number of hydrogen-bond donors (Lipinski definition) is 0. The molecule has 0 fully saturated rings. The van der Waals surface area contributed by atoms with Gasteiger partial charge in [-0.05, 0) is 221 Å². The van der Waals surface area contributed by atoms with Gasteiger partial charge >= 0.3 is 0 Å². The third kappa shape index (κ3) is 10.3. The maximum atomic E-state index is 5.94. The van der Waals surface area contributed by atoms with Crippen molar-refractivity contribution in [2.45, 2.75) is 17.8 Å². The quantitative estimate of drug-likeness (QED) is 0.103. The van der Waals surface area contributed by atoms with E-state index in [0.717, 1.165) is 83.8 Å². The highest BCUT2D eigenvalue weighted by atomic mass is 15.1. The molecule has 3 atom stereocenters. The topological polar surface area (TPSA) is 3.24 Å². The van der Waals surface area contributed by atoms with E-state index in [1.165, 1.54) is 97.0 Å². The van der Waals surface area contributed by atoms with E-state index in [2.05, 4.69) is 295 Å². The van der Waals surface area contributed by atoms with Crippen molar-refractivity contribution in [2.24, 2.45) is 0 Å². The molecule has 18 rings (SSSR count). The van der Waals surface area contributed by atoms with E-state index >= 15 is 0 Å². The fourth-order valence-corrected chi connectivity index (χ4v) is 15.5. The Morgan fingerprint density at radius 3 is 0.720 bits per heavy atom. The second-order valence-corrected chi connectivity index (χ2v) is 25.9. The third-order valence-electron chi connectivity index (χ3n) is 20.2. The van der Waals surface area contributed by atoms with Gasteiger partial charge in [0.25, 0.3) is 0 Å². The molecule has 0 aliphatic heterocycles. The van der Waals surface area contributed by atoms with Gasteiger partial charge < -0.3 is 4.90 Å². The lowest BCUT2D eigenvalue weighted by atomic mass is 9.84. The maximum absolute atomic E-state index is 5.94. The van der Waals surface area contributed by atoms with Crippen molar-refractivity contribution >= 4 is 114 Å². The van der Waals surface area contributed by atoms with Gasteiger partial charge in [0.15, 0.2) is 0 Å². The number of terminal acetylenes is 3. The first kappa shape index (κ1) is 58.8. The molecule has 1 nitrogen and oxygen atoms in total. The van der Waals surface area contributed by atoms with Crippen LogP contribution in [0.15, 0.2) is 309 Å². The van der Waals surface area contributed by atoms with Crippen LogP contribution in [0.25, 0.3) is 97.0 Å². The second kappa shape index (κ2) is 24.5. The van der Waals surface area contributed by atoms with Crippen LogP contribution < -0.4 is 4.90 Å². The third-order valence-corrected chi connectivity index (χ3v) is 20.2. The van der Waals surface area contributed by atoms with E-state index in [9.17, 15) is 0 Å². The smallest absolute Gasteiger partial charge is 0.0711 e. The fourth-order valence-electron chi connectivity index (χ4n) is 15.5. The molecule has 0 saturated heterocycles. The summed E-state index contributed by atoms with van der Waals surface area (Å²) in [6.45, 7) is 0. The summed E-state index contributed by atoms with van der Waals surface area (Å²) in [6.07, 6.45) is 17.8. The molecule has 0 amide bonds. The van der Waals surface area contributed by atoms with E-state index in [1.54, 1.807) is 0 Å². The highest BCUT2D eigenvalue weighted by Crippen LogP contribution is 2.46. The summed E-state index contributed by atoms with van der Waals surface area (Å²) in [6, 6.07) is 111. The average Bonchev–Trinajstić information content (AvgIpc) is 0.747. The SMILES string of the molecule is C#Cc1cccc(C#CC(c2ccc(N(c3ccc(C(C#Cc4cccc(C#C)c4)c4ccc5ccc6cccc7ccc4c5c67)cc3)c3ccc(C(C#Cc4cccc(C#C)c4)c4ccc5ccc6cccc7ccc4c5c67)cc3)cc2)c2ccc3ccc4cccc5ccc2c3c45)c1. The predicted octanol–water partition coefficient (Wildman–Crippen LogP) is 23.3. The molecule has 0 bridgehead atoms. The average molecular weight is 1260 g/mol. The Morgan fingerprint density at radius 1 is 0.220 bits per heavy atom. The summed E-state index contributed by atoms with van der Waals surface area (Å²) >= 11 is 0. The number of benzene rings is 18. The normalized spacial score (nSPS) is 12.2. The van der Waals surface area contributed by atoms with E-state index in [1.807, 2.05) is 72.8 Å². The maximum Gasteiger partial charge on any atom is 0.0711 e. The lowest BCUT2D eigenvalue weighted by Crippen LogP contribution is -2.11. The molecule has 1 heteroatoms. The zero-order valence-electron chi connectivity index (χ0n) is 54.4. The first-order valence-corrected chi connectivity index (χ1v) is 33.7. The second-order valence-electron chi connectivity index (χ2n) is 25.9. The summed E-state index contributed by atoms with van der Waals surface area (Å²) in [7, 11) is 0. The van der Waals surface area contributed by atoms with Gasteiger partial charge in [0.05, 0.1) is 17.8 Å². The van der Waals surface area contributed by atoms with Crippen LogP contribution in [0.5, 0.6) is 0 Å². The first-order valence-electron chi connectivity index (χ1n) is 33.7. The molecule has 458 valence electrons. The van der Waals surface area contributed by atoms with Crippen molar-refractivity contribution in [3.8, 4) is 72.6 Å². The Morgan fingerprint density at radius 2 is 0.450 bits per heavy atom. The Bertz CT molecular complexity index is 5950. The summed E-state index contributed by atoms with van der Waals surface area (Å²) in [4.78, 5) is 2.35. The van der Waals surface area contributed by atoms with E-state index in [-0.39, 0.29) is 17.8 Å². The molecule has 0 radical (unpaired) electrons. The molecule has 100 heavy (non-hydrogen) atoms. The summed E-state index contributed by atoms with van der Waals surface area (Å²) < 4.78 is 0. The van der Waals surface area contributed by atoms with Gasteiger partial charge in [0.2, 0.25) is 0 Å². The summed E-state index contributed by atoms with van der Waals surface area (Å²) in [5.41, 5.74) is 14.5. The molecule has 0 aliphatic rings. The Balaban J connectivity index is 0.798. The Hall–Kier alpha value is -13.8. The summed E-state index contributed by atoms with van der Waals surface area (Å²) in [5, 5.41) is 22.0. The molecule has 18 aromatic rings. The van der Waals surface area contributed by atoms with Crippen LogP contribution in [0, 0.1) is 72.6 Å².